The number of anilines is 2. The van der Waals surface area contributed by atoms with E-state index in [-0.39, 0.29) is 36.4 Å². The van der Waals surface area contributed by atoms with Gasteiger partial charge in [0.15, 0.2) is 0 Å². The molecule has 144 valence electrons. The average Bonchev–Trinajstić information content (AvgIpc) is 3.13. The number of nitrogens with one attached hydrogen (secondary N) is 3. The second-order valence-corrected chi connectivity index (χ2v) is 7.64. The van der Waals surface area contributed by atoms with E-state index in [4.69, 9.17) is 10.5 Å². The van der Waals surface area contributed by atoms with Crippen molar-refractivity contribution in [2.75, 3.05) is 23.9 Å². The minimum atomic E-state index is -0.0597. The van der Waals surface area contributed by atoms with E-state index in [9.17, 15) is 9.59 Å². The minimum Gasteiger partial charge on any atom is -0.497 e. The number of amides is 3. The molecule has 2 aliphatic heterocycles. The molecular weight excluding hydrogens is 376 g/mol. The number of carbonyl (C=O) groups is 2. The first-order chi connectivity index (χ1) is 12.1. The number of urea groups is 1. The van der Waals surface area contributed by atoms with Crippen LogP contribution in [0.5, 0.6) is 5.75 Å². The Labute approximate surface area is 163 Å². The summed E-state index contributed by atoms with van der Waals surface area (Å²) < 4.78 is 5.14. The lowest BCUT2D eigenvalue weighted by molar-refractivity contribution is -0.116. The fraction of sp³-hybridized carbons (Fsp3) is 0.529. The highest BCUT2D eigenvalue weighted by molar-refractivity contribution is 8.00. The van der Waals surface area contributed by atoms with Gasteiger partial charge in [-0.2, -0.15) is 11.8 Å². The van der Waals surface area contributed by atoms with Crippen molar-refractivity contribution in [3.63, 3.8) is 0 Å². The fourth-order valence-electron chi connectivity index (χ4n) is 3.26. The Morgan fingerprint density at radius 3 is 2.96 bits per heavy atom. The topological polar surface area (TPSA) is 105 Å². The van der Waals surface area contributed by atoms with E-state index < -0.39 is 0 Å². The van der Waals surface area contributed by atoms with Crippen molar-refractivity contribution < 1.29 is 14.3 Å². The molecule has 1 aromatic carbocycles. The van der Waals surface area contributed by atoms with Gasteiger partial charge in [0, 0.05) is 23.5 Å². The number of methoxy groups -OCH3 is 1. The van der Waals surface area contributed by atoms with Crippen LogP contribution < -0.4 is 26.4 Å². The molecule has 0 saturated carbocycles. The summed E-state index contributed by atoms with van der Waals surface area (Å²) in [6, 6.07) is 5.61. The maximum Gasteiger partial charge on any atom is 0.315 e. The van der Waals surface area contributed by atoms with Crippen LogP contribution in [0.15, 0.2) is 18.2 Å². The number of unbranched alkanes of at least 4 members (excludes halogenated alkanes) is 1. The quantitative estimate of drug-likeness (QED) is 0.319. The number of nitrogen functional groups attached to an aromatic ring is 1. The summed E-state index contributed by atoms with van der Waals surface area (Å²) in [6.07, 6.45) is 3.22. The van der Waals surface area contributed by atoms with Gasteiger partial charge in [-0.15, -0.1) is 12.4 Å². The number of ether oxygens (including phenoxy) is 1. The van der Waals surface area contributed by atoms with Crippen molar-refractivity contribution in [3.8, 4) is 5.75 Å². The molecule has 26 heavy (non-hydrogen) atoms. The molecule has 3 amide bonds. The van der Waals surface area contributed by atoms with Gasteiger partial charge in [-0.05, 0) is 25.0 Å². The van der Waals surface area contributed by atoms with Crippen LogP contribution in [0.1, 0.15) is 25.7 Å². The van der Waals surface area contributed by atoms with Crippen molar-refractivity contribution in [1.82, 2.24) is 10.6 Å². The van der Waals surface area contributed by atoms with E-state index in [0.29, 0.717) is 28.8 Å². The molecule has 0 bridgehead atoms. The Morgan fingerprint density at radius 2 is 2.19 bits per heavy atom. The molecule has 3 atom stereocenters. The van der Waals surface area contributed by atoms with Crippen molar-refractivity contribution in [2.24, 2.45) is 0 Å². The van der Waals surface area contributed by atoms with Crippen LogP contribution in [0.25, 0.3) is 0 Å². The largest absolute Gasteiger partial charge is 0.497 e. The summed E-state index contributed by atoms with van der Waals surface area (Å²) in [5, 5.41) is 9.20. The van der Waals surface area contributed by atoms with Gasteiger partial charge in [-0.25, -0.2) is 4.79 Å². The third-order valence-corrected chi connectivity index (χ3v) is 6.12. The zero-order chi connectivity index (χ0) is 17.8. The number of fused-ring (bicyclic) bond motifs is 1. The number of carbonyl (C=O) groups excluding carboxylic acids is 2. The first-order valence-corrected chi connectivity index (χ1v) is 9.53. The number of benzene rings is 1. The summed E-state index contributed by atoms with van der Waals surface area (Å²) in [7, 11) is 1.57. The second-order valence-electron chi connectivity index (χ2n) is 6.37. The van der Waals surface area contributed by atoms with Gasteiger partial charge < -0.3 is 26.4 Å². The van der Waals surface area contributed by atoms with Gasteiger partial charge in [-0.3, -0.25) is 4.79 Å². The molecule has 0 radical (unpaired) electrons. The molecule has 2 saturated heterocycles. The molecule has 7 nitrogen and oxygen atoms in total. The Morgan fingerprint density at radius 1 is 1.38 bits per heavy atom. The molecule has 2 aliphatic rings. The number of hydrogen-bond acceptors (Lipinski definition) is 5. The van der Waals surface area contributed by atoms with Gasteiger partial charge in [0.2, 0.25) is 5.91 Å². The van der Waals surface area contributed by atoms with E-state index in [0.717, 1.165) is 25.0 Å². The third kappa shape index (κ3) is 4.88. The molecule has 0 aliphatic carbocycles. The molecule has 5 N–H and O–H groups in total. The number of hydrogen-bond donors (Lipinski definition) is 4. The van der Waals surface area contributed by atoms with E-state index in [2.05, 4.69) is 16.0 Å². The summed E-state index contributed by atoms with van der Waals surface area (Å²) in [5.74, 6) is 1.57. The van der Waals surface area contributed by atoms with Crippen LogP contribution in [-0.4, -0.2) is 42.1 Å². The van der Waals surface area contributed by atoms with E-state index in [1.165, 1.54) is 0 Å². The molecule has 1 aromatic rings. The van der Waals surface area contributed by atoms with Gasteiger partial charge in [-0.1, -0.05) is 6.42 Å². The number of halogens is 1. The molecule has 0 spiro atoms. The molecule has 3 rings (SSSR count). The maximum atomic E-state index is 12.1. The first-order valence-electron chi connectivity index (χ1n) is 8.49. The summed E-state index contributed by atoms with van der Waals surface area (Å²) in [5.41, 5.74) is 6.98. The highest BCUT2D eigenvalue weighted by Gasteiger charge is 2.42. The number of nitrogens with two attached hydrogens (primary N) is 1. The number of rotatable bonds is 7. The minimum absolute atomic E-state index is 0. The van der Waals surface area contributed by atoms with Crippen LogP contribution >= 0.6 is 24.2 Å². The second kappa shape index (κ2) is 9.23. The average molecular weight is 401 g/mol. The van der Waals surface area contributed by atoms with E-state index in [1.807, 2.05) is 11.8 Å². The standard InChI is InChI=1S/C17H24N4O3S.ClH/c1-24-10-6-7-11(18)12(8-10)19-15(22)5-3-2-4-14-16-13(9-25-14)20-17(23)21-16;/h6-8,13-14,16H,2-5,9,18H2,1H3,(H,19,22)(H2,20,21,23);1H/t13-,14-,16-;/m0./s1. The van der Waals surface area contributed by atoms with Crippen molar-refractivity contribution in [2.45, 2.75) is 43.0 Å². The monoisotopic (exact) mass is 400 g/mol. The zero-order valence-corrected chi connectivity index (χ0v) is 16.3. The van der Waals surface area contributed by atoms with Crippen molar-refractivity contribution >= 4 is 47.5 Å². The summed E-state index contributed by atoms with van der Waals surface area (Å²) in [4.78, 5) is 23.5. The predicted octanol–water partition coefficient (Wildman–Crippen LogP) is 2.36. The molecule has 0 aromatic heterocycles. The normalized spacial score (nSPS) is 23.4. The lowest BCUT2D eigenvalue weighted by Crippen LogP contribution is -2.36. The Balaban J connectivity index is 0.00000243. The lowest BCUT2D eigenvalue weighted by atomic mass is 10.0. The summed E-state index contributed by atoms with van der Waals surface area (Å²) >= 11 is 1.90. The van der Waals surface area contributed by atoms with Crippen LogP contribution in [0.2, 0.25) is 0 Å². The van der Waals surface area contributed by atoms with Gasteiger partial charge in [0.25, 0.3) is 0 Å². The van der Waals surface area contributed by atoms with Crippen molar-refractivity contribution in [1.29, 1.82) is 0 Å². The fourth-order valence-corrected chi connectivity index (χ4v) is 4.80. The SMILES string of the molecule is COc1ccc(N)c(NC(=O)CCCC[C@@H]2SC[C@@H]3NC(=O)N[C@@H]32)c1.Cl. The van der Waals surface area contributed by atoms with Crippen LogP contribution in [0.4, 0.5) is 16.2 Å². The van der Waals surface area contributed by atoms with Crippen LogP contribution in [0, 0.1) is 0 Å². The molecule has 2 fully saturated rings. The maximum absolute atomic E-state index is 12.1. The zero-order valence-electron chi connectivity index (χ0n) is 14.6. The third-order valence-electron chi connectivity index (χ3n) is 4.62. The Kier molecular flexibility index (Phi) is 7.28. The first kappa shape index (κ1) is 20.5. The van der Waals surface area contributed by atoms with Gasteiger partial charge >= 0.3 is 6.03 Å². The Hall–Kier alpha value is -1.80. The van der Waals surface area contributed by atoms with Gasteiger partial charge in [0.1, 0.15) is 5.75 Å². The predicted molar refractivity (Wildman–Crippen MR) is 107 cm³/mol. The lowest BCUT2D eigenvalue weighted by Gasteiger charge is -2.16. The van der Waals surface area contributed by atoms with Gasteiger partial charge in [0.05, 0.1) is 30.6 Å². The van der Waals surface area contributed by atoms with Crippen LogP contribution in [0.3, 0.4) is 0 Å². The molecule has 2 heterocycles. The van der Waals surface area contributed by atoms with Crippen LogP contribution in [-0.2, 0) is 4.79 Å². The van der Waals surface area contributed by atoms with E-state index >= 15 is 0 Å². The summed E-state index contributed by atoms with van der Waals surface area (Å²) in [6.45, 7) is 0. The molecule has 0 unspecified atom stereocenters. The number of thioether (sulfide) groups is 1. The highest BCUT2D eigenvalue weighted by Crippen LogP contribution is 2.33. The molecule has 9 heteroatoms. The van der Waals surface area contributed by atoms with E-state index in [1.54, 1.807) is 25.3 Å². The molecular formula is C17H25ClN4O3S. The Bertz CT molecular complexity index is 661. The smallest absolute Gasteiger partial charge is 0.315 e. The highest BCUT2D eigenvalue weighted by atomic mass is 35.5. The van der Waals surface area contributed by atoms with Crippen molar-refractivity contribution in [3.05, 3.63) is 18.2 Å².